The number of nitrogens with one attached hydrogen (secondary N) is 1. The molecule has 1 nitrogen and oxygen atoms in total. The lowest BCUT2D eigenvalue weighted by Gasteiger charge is -2.17. The number of thioether (sulfide) groups is 1. The average molecular weight is 283 g/mol. The Balaban J connectivity index is 2.44. The molecule has 1 aromatic carbocycles. The zero-order valence-electron chi connectivity index (χ0n) is 12.1. The molecule has 1 unspecified atom stereocenters. The number of rotatable bonds is 10. The summed E-state index contributed by atoms with van der Waals surface area (Å²) in [6, 6.07) is 6.95. The third-order valence-corrected chi connectivity index (χ3v) is 3.96. The lowest BCUT2D eigenvalue weighted by atomic mass is 9.95. The SMILES string of the molecule is CCCNCC(CCCSC)Cc1ccc(F)cc1. The Kier molecular flexibility index (Phi) is 8.93. The monoisotopic (exact) mass is 283 g/mol. The van der Waals surface area contributed by atoms with Crippen LogP contribution in [0.3, 0.4) is 0 Å². The van der Waals surface area contributed by atoms with Crippen LogP contribution in [0.15, 0.2) is 24.3 Å². The third kappa shape index (κ3) is 7.58. The summed E-state index contributed by atoms with van der Waals surface area (Å²) in [5.41, 5.74) is 1.24. The van der Waals surface area contributed by atoms with Crippen molar-refractivity contribution in [1.82, 2.24) is 5.32 Å². The quantitative estimate of drug-likeness (QED) is 0.648. The smallest absolute Gasteiger partial charge is 0.123 e. The Morgan fingerprint density at radius 3 is 2.63 bits per heavy atom. The van der Waals surface area contributed by atoms with Crippen molar-refractivity contribution >= 4 is 11.8 Å². The zero-order chi connectivity index (χ0) is 13.9. The van der Waals surface area contributed by atoms with Crippen molar-refractivity contribution in [3.63, 3.8) is 0 Å². The maximum absolute atomic E-state index is 12.9. The van der Waals surface area contributed by atoms with Gasteiger partial charge in [0.2, 0.25) is 0 Å². The molecule has 19 heavy (non-hydrogen) atoms. The molecule has 0 saturated heterocycles. The number of benzene rings is 1. The fourth-order valence-corrected chi connectivity index (χ4v) is 2.68. The van der Waals surface area contributed by atoms with Crippen LogP contribution in [0, 0.1) is 11.7 Å². The standard InChI is InChI=1S/C16H26FNS/c1-3-10-18-13-15(5-4-11-19-2)12-14-6-8-16(17)9-7-14/h6-9,15,18H,3-5,10-13H2,1-2H3. The van der Waals surface area contributed by atoms with E-state index in [9.17, 15) is 4.39 Å². The molecule has 0 heterocycles. The Labute approximate surface area is 121 Å². The van der Waals surface area contributed by atoms with Gasteiger partial charge in [-0.2, -0.15) is 11.8 Å². The number of hydrogen-bond acceptors (Lipinski definition) is 2. The van der Waals surface area contributed by atoms with Gasteiger partial charge in [0.15, 0.2) is 0 Å². The second kappa shape index (κ2) is 10.3. The van der Waals surface area contributed by atoms with Crippen molar-refractivity contribution in [3.05, 3.63) is 35.6 Å². The molecule has 0 saturated carbocycles. The van der Waals surface area contributed by atoms with Crippen LogP contribution >= 0.6 is 11.8 Å². The van der Waals surface area contributed by atoms with Gasteiger partial charge in [0.25, 0.3) is 0 Å². The second-order valence-electron chi connectivity index (χ2n) is 5.04. The summed E-state index contributed by atoms with van der Waals surface area (Å²) in [6.45, 7) is 4.34. The van der Waals surface area contributed by atoms with E-state index in [2.05, 4.69) is 18.5 Å². The van der Waals surface area contributed by atoms with Crippen molar-refractivity contribution < 1.29 is 4.39 Å². The van der Waals surface area contributed by atoms with Gasteiger partial charge in [-0.05, 0) is 74.4 Å². The molecule has 1 aromatic rings. The third-order valence-electron chi connectivity index (χ3n) is 3.26. The summed E-state index contributed by atoms with van der Waals surface area (Å²) in [5, 5.41) is 3.51. The van der Waals surface area contributed by atoms with Gasteiger partial charge in [0.05, 0.1) is 0 Å². The molecular weight excluding hydrogens is 257 g/mol. The molecule has 0 radical (unpaired) electrons. The van der Waals surface area contributed by atoms with Crippen LogP contribution in [0.4, 0.5) is 4.39 Å². The molecule has 0 amide bonds. The van der Waals surface area contributed by atoms with Gasteiger partial charge >= 0.3 is 0 Å². The number of hydrogen-bond donors (Lipinski definition) is 1. The summed E-state index contributed by atoms with van der Waals surface area (Å²) in [6.07, 6.45) is 6.89. The van der Waals surface area contributed by atoms with Gasteiger partial charge < -0.3 is 5.32 Å². The van der Waals surface area contributed by atoms with E-state index < -0.39 is 0 Å². The van der Waals surface area contributed by atoms with Gasteiger partial charge in [0, 0.05) is 0 Å². The highest BCUT2D eigenvalue weighted by Crippen LogP contribution is 2.15. The summed E-state index contributed by atoms with van der Waals surface area (Å²) in [5.74, 6) is 1.74. The van der Waals surface area contributed by atoms with Gasteiger partial charge in [-0.15, -0.1) is 0 Å². The van der Waals surface area contributed by atoms with Crippen LogP contribution in [0.25, 0.3) is 0 Å². The number of halogens is 1. The predicted octanol–water partition coefficient (Wildman–Crippen LogP) is 4.13. The van der Waals surface area contributed by atoms with E-state index >= 15 is 0 Å². The molecule has 0 aromatic heterocycles. The van der Waals surface area contributed by atoms with Crippen molar-refractivity contribution in [3.8, 4) is 0 Å². The normalized spacial score (nSPS) is 12.6. The van der Waals surface area contributed by atoms with Crippen molar-refractivity contribution in [1.29, 1.82) is 0 Å². The summed E-state index contributed by atoms with van der Waals surface area (Å²) in [4.78, 5) is 0. The van der Waals surface area contributed by atoms with Crippen LogP contribution in [0.1, 0.15) is 31.7 Å². The Morgan fingerprint density at radius 1 is 1.26 bits per heavy atom. The van der Waals surface area contributed by atoms with Crippen molar-refractivity contribution in [2.75, 3.05) is 25.1 Å². The first-order valence-electron chi connectivity index (χ1n) is 7.20. The minimum absolute atomic E-state index is 0.146. The van der Waals surface area contributed by atoms with Crippen molar-refractivity contribution in [2.24, 2.45) is 5.92 Å². The summed E-state index contributed by atoms with van der Waals surface area (Å²) >= 11 is 1.91. The molecule has 108 valence electrons. The van der Waals surface area contributed by atoms with Crippen LogP contribution in [-0.2, 0) is 6.42 Å². The zero-order valence-corrected chi connectivity index (χ0v) is 12.9. The molecule has 1 rings (SSSR count). The first-order valence-corrected chi connectivity index (χ1v) is 8.59. The molecular formula is C16H26FNS. The predicted molar refractivity (Wildman–Crippen MR) is 84.4 cm³/mol. The summed E-state index contributed by atoms with van der Waals surface area (Å²) in [7, 11) is 0. The average Bonchev–Trinajstić information content (AvgIpc) is 2.41. The van der Waals surface area contributed by atoms with Crippen LogP contribution in [-0.4, -0.2) is 25.1 Å². The van der Waals surface area contributed by atoms with E-state index in [1.165, 1.54) is 30.6 Å². The second-order valence-corrected chi connectivity index (χ2v) is 6.02. The first-order chi connectivity index (χ1) is 9.26. The van der Waals surface area contributed by atoms with Gasteiger partial charge in [-0.25, -0.2) is 4.39 Å². The molecule has 0 bridgehead atoms. The minimum Gasteiger partial charge on any atom is -0.316 e. The molecule has 1 N–H and O–H groups in total. The van der Waals surface area contributed by atoms with Crippen molar-refractivity contribution in [2.45, 2.75) is 32.6 Å². The lowest BCUT2D eigenvalue weighted by Crippen LogP contribution is -2.25. The molecule has 3 heteroatoms. The first kappa shape index (κ1) is 16.5. The van der Waals surface area contributed by atoms with E-state index in [1.54, 1.807) is 12.1 Å². The highest BCUT2D eigenvalue weighted by molar-refractivity contribution is 7.98. The fraction of sp³-hybridized carbons (Fsp3) is 0.625. The van der Waals surface area contributed by atoms with Gasteiger partial charge in [0.1, 0.15) is 5.82 Å². The van der Waals surface area contributed by atoms with E-state index in [0.29, 0.717) is 5.92 Å². The maximum atomic E-state index is 12.9. The van der Waals surface area contributed by atoms with Crippen LogP contribution in [0.5, 0.6) is 0 Å². The minimum atomic E-state index is -0.146. The van der Waals surface area contributed by atoms with E-state index in [4.69, 9.17) is 0 Å². The van der Waals surface area contributed by atoms with E-state index in [-0.39, 0.29) is 5.82 Å². The fourth-order valence-electron chi connectivity index (χ4n) is 2.23. The largest absolute Gasteiger partial charge is 0.316 e. The van der Waals surface area contributed by atoms with Crippen LogP contribution < -0.4 is 5.32 Å². The summed E-state index contributed by atoms with van der Waals surface area (Å²) < 4.78 is 12.9. The van der Waals surface area contributed by atoms with Gasteiger partial charge in [-0.1, -0.05) is 19.1 Å². The lowest BCUT2D eigenvalue weighted by molar-refractivity contribution is 0.440. The van der Waals surface area contributed by atoms with Crippen LogP contribution in [0.2, 0.25) is 0 Å². The molecule has 1 atom stereocenters. The van der Waals surface area contributed by atoms with Gasteiger partial charge in [-0.3, -0.25) is 0 Å². The van der Waals surface area contributed by atoms with E-state index in [0.717, 1.165) is 19.5 Å². The molecule has 0 aliphatic rings. The molecule has 0 aliphatic carbocycles. The van der Waals surface area contributed by atoms with E-state index in [1.807, 2.05) is 23.9 Å². The topological polar surface area (TPSA) is 12.0 Å². The maximum Gasteiger partial charge on any atom is 0.123 e. The Bertz CT molecular complexity index is 316. The Morgan fingerprint density at radius 2 is 2.00 bits per heavy atom. The molecule has 0 aliphatic heterocycles. The highest BCUT2D eigenvalue weighted by Gasteiger charge is 2.09. The highest BCUT2D eigenvalue weighted by atomic mass is 32.2. The molecule has 0 fully saturated rings. The molecule has 0 spiro atoms. The Hall–Kier alpha value is -0.540.